The summed E-state index contributed by atoms with van der Waals surface area (Å²) in [6, 6.07) is 17.6. The van der Waals surface area contributed by atoms with Gasteiger partial charge in [0.25, 0.3) is 0 Å². The Morgan fingerprint density at radius 2 is 1.60 bits per heavy atom. The normalized spacial score (nSPS) is 9.96. The number of benzene rings is 2. The predicted octanol–water partition coefficient (Wildman–Crippen LogP) is 3.95. The van der Waals surface area contributed by atoms with Crippen molar-refractivity contribution in [3.05, 3.63) is 67.0 Å². The van der Waals surface area contributed by atoms with Crippen LogP contribution in [0, 0.1) is 0 Å². The molecule has 0 unspecified atom stereocenters. The number of hydrogen-bond acceptors (Lipinski definition) is 5. The molecule has 3 aromatic rings. The second kappa shape index (κ2) is 7.78. The number of rotatable bonds is 5. The van der Waals surface area contributed by atoms with Gasteiger partial charge in [-0.25, -0.2) is 14.8 Å². The van der Waals surface area contributed by atoms with Crippen molar-refractivity contribution < 1.29 is 9.53 Å². The van der Waals surface area contributed by atoms with Gasteiger partial charge in [0.1, 0.15) is 17.9 Å². The third kappa shape index (κ3) is 4.68. The van der Waals surface area contributed by atoms with Gasteiger partial charge in [0.05, 0.1) is 0 Å². The van der Waals surface area contributed by atoms with Crippen LogP contribution in [0.1, 0.15) is 0 Å². The van der Waals surface area contributed by atoms with Crippen LogP contribution in [0.15, 0.2) is 67.0 Å². The third-order valence-electron chi connectivity index (χ3n) is 3.26. The summed E-state index contributed by atoms with van der Waals surface area (Å²) in [5, 5.41) is 8.43. The van der Waals surface area contributed by atoms with Gasteiger partial charge in [0.2, 0.25) is 5.88 Å². The summed E-state index contributed by atoms with van der Waals surface area (Å²) in [5.74, 6) is 1.71. The maximum atomic E-state index is 12.0. The minimum absolute atomic E-state index is 0.311. The van der Waals surface area contributed by atoms with Gasteiger partial charge >= 0.3 is 6.03 Å². The van der Waals surface area contributed by atoms with Gasteiger partial charge in [-0.3, -0.25) is 0 Å². The summed E-state index contributed by atoms with van der Waals surface area (Å²) in [6.07, 6.45) is 1.42. The van der Waals surface area contributed by atoms with E-state index in [1.54, 1.807) is 37.4 Å². The second-order valence-electron chi connectivity index (χ2n) is 5.06. The lowest BCUT2D eigenvalue weighted by Gasteiger charge is -2.09. The number of ether oxygens (including phenoxy) is 1. The number of carbonyl (C=O) groups excluding carboxylic acids is 1. The fourth-order valence-corrected chi connectivity index (χ4v) is 2.07. The maximum Gasteiger partial charge on any atom is 0.323 e. The maximum absolute atomic E-state index is 12.0. The van der Waals surface area contributed by atoms with Crippen LogP contribution in [-0.2, 0) is 0 Å². The van der Waals surface area contributed by atoms with Gasteiger partial charge < -0.3 is 20.7 Å². The van der Waals surface area contributed by atoms with E-state index in [1.807, 2.05) is 30.3 Å². The smallest absolute Gasteiger partial charge is 0.323 e. The molecule has 0 saturated carbocycles. The summed E-state index contributed by atoms with van der Waals surface area (Å²) in [7, 11) is 1.77. The zero-order chi connectivity index (χ0) is 17.5. The molecule has 0 saturated heterocycles. The molecule has 126 valence electrons. The Kier molecular flexibility index (Phi) is 5.06. The zero-order valence-corrected chi connectivity index (χ0v) is 13.6. The monoisotopic (exact) mass is 335 g/mol. The predicted molar refractivity (Wildman–Crippen MR) is 97.2 cm³/mol. The van der Waals surface area contributed by atoms with E-state index in [-0.39, 0.29) is 6.03 Å². The number of aromatic nitrogens is 2. The number of anilines is 3. The number of nitrogens with zero attached hydrogens (tertiary/aromatic N) is 2. The molecule has 0 bridgehead atoms. The number of carbonyl (C=O) groups is 1. The standard InChI is InChI=1S/C18H17N5O2/c1-19-16-11-17(21-12-20-16)25-15-9-7-14(8-10-15)23-18(24)22-13-5-3-2-4-6-13/h2-12H,1H3,(H,19,20,21)(H2,22,23,24). The molecular weight excluding hydrogens is 318 g/mol. The Hall–Kier alpha value is -3.61. The topological polar surface area (TPSA) is 88.2 Å². The number of hydrogen-bond donors (Lipinski definition) is 3. The van der Waals surface area contributed by atoms with Gasteiger partial charge in [-0.05, 0) is 36.4 Å². The molecular formula is C18H17N5O2. The lowest BCUT2D eigenvalue weighted by molar-refractivity contribution is 0.262. The third-order valence-corrected chi connectivity index (χ3v) is 3.26. The summed E-state index contributed by atoms with van der Waals surface area (Å²) >= 11 is 0. The van der Waals surface area contributed by atoms with Crippen LogP contribution >= 0.6 is 0 Å². The molecule has 0 aliphatic carbocycles. The summed E-state index contributed by atoms with van der Waals surface area (Å²) < 4.78 is 5.66. The van der Waals surface area contributed by atoms with Crippen molar-refractivity contribution in [2.75, 3.05) is 23.0 Å². The first-order valence-corrected chi connectivity index (χ1v) is 7.64. The average molecular weight is 335 g/mol. The first-order valence-electron chi connectivity index (χ1n) is 7.64. The molecule has 0 aliphatic rings. The lowest BCUT2D eigenvalue weighted by Crippen LogP contribution is -2.19. The number of para-hydroxylation sites is 1. The van der Waals surface area contributed by atoms with Crippen molar-refractivity contribution in [3.63, 3.8) is 0 Å². The highest BCUT2D eigenvalue weighted by atomic mass is 16.5. The molecule has 0 spiro atoms. The van der Waals surface area contributed by atoms with Crippen molar-refractivity contribution in [1.82, 2.24) is 9.97 Å². The highest BCUT2D eigenvalue weighted by Gasteiger charge is 2.04. The lowest BCUT2D eigenvalue weighted by atomic mass is 10.3. The van der Waals surface area contributed by atoms with Crippen LogP contribution in [0.5, 0.6) is 11.6 Å². The van der Waals surface area contributed by atoms with Crippen molar-refractivity contribution in [2.45, 2.75) is 0 Å². The van der Waals surface area contributed by atoms with E-state index in [0.29, 0.717) is 23.1 Å². The van der Waals surface area contributed by atoms with Crippen molar-refractivity contribution in [1.29, 1.82) is 0 Å². The van der Waals surface area contributed by atoms with Crippen molar-refractivity contribution >= 4 is 23.2 Å². The van der Waals surface area contributed by atoms with Crippen LogP contribution in [0.3, 0.4) is 0 Å². The van der Waals surface area contributed by atoms with Crippen molar-refractivity contribution in [2.24, 2.45) is 0 Å². The first-order chi connectivity index (χ1) is 12.2. The van der Waals surface area contributed by atoms with E-state index >= 15 is 0 Å². The van der Waals surface area contributed by atoms with Crippen molar-refractivity contribution in [3.8, 4) is 11.6 Å². The molecule has 25 heavy (non-hydrogen) atoms. The summed E-state index contributed by atoms with van der Waals surface area (Å²) in [5.41, 5.74) is 1.38. The van der Waals surface area contributed by atoms with Gasteiger partial charge in [-0.15, -0.1) is 0 Å². The largest absolute Gasteiger partial charge is 0.439 e. The quantitative estimate of drug-likeness (QED) is 0.657. The van der Waals surface area contributed by atoms with Gasteiger partial charge in [0, 0.05) is 24.5 Å². The fraction of sp³-hybridized carbons (Fsp3) is 0.0556. The van der Waals surface area contributed by atoms with Crippen LogP contribution < -0.4 is 20.7 Å². The average Bonchev–Trinajstić information content (AvgIpc) is 2.64. The Bertz CT molecular complexity index is 838. The zero-order valence-electron chi connectivity index (χ0n) is 13.6. The second-order valence-corrected chi connectivity index (χ2v) is 5.06. The van der Waals surface area contributed by atoms with Crippen LogP contribution in [0.2, 0.25) is 0 Å². The highest BCUT2D eigenvalue weighted by Crippen LogP contribution is 2.22. The van der Waals surface area contributed by atoms with E-state index < -0.39 is 0 Å². The van der Waals surface area contributed by atoms with Gasteiger partial charge in [-0.2, -0.15) is 0 Å². The molecule has 0 radical (unpaired) electrons. The van der Waals surface area contributed by atoms with Gasteiger partial charge in [-0.1, -0.05) is 18.2 Å². The Balaban J connectivity index is 1.59. The molecule has 2 aromatic carbocycles. The van der Waals surface area contributed by atoms with Crippen LogP contribution in [0.4, 0.5) is 22.0 Å². The van der Waals surface area contributed by atoms with Gasteiger partial charge in [0.15, 0.2) is 0 Å². The molecule has 7 heteroatoms. The first kappa shape index (κ1) is 16.3. The Labute approximate surface area is 145 Å². The van der Waals surface area contributed by atoms with E-state index in [2.05, 4.69) is 25.9 Å². The van der Waals surface area contributed by atoms with E-state index in [0.717, 1.165) is 5.69 Å². The molecule has 0 atom stereocenters. The van der Waals surface area contributed by atoms with E-state index in [1.165, 1.54) is 6.33 Å². The molecule has 3 rings (SSSR count). The Morgan fingerprint density at radius 3 is 2.28 bits per heavy atom. The number of amides is 2. The minimum atomic E-state index is -0.311. The fourth-order valence-electron chi connectivity index (χ4n) is 2.07. The molecule has 1 heterocycles. The SMILES string of the molecule is CNc1cc(Oc2ccc(NC(=O)Nc3ccccc3)cc2)ncn1. The molecule has 0 aliphatic heterocycles. The van der Waals surface area contributed by atoms with Crippen LogP contribution in [-0.4, -0.2) is 23.0 Å². The summed E-state index contributed by atoms with van der Waals surface area (Å²) in [4.78, 5) is 20.0. The molecule has 7 nitrogen and oxygen atoms in total. The number of nitrogens with one attached hydrogen (secondary N) is 3. The highest BCUT2D eigenvalue weighted by molar-refractivity contribution is 5.99. The van der Waals surface area contributed by atoms with E-state index in [9.17, 15) is 4.79 Å². The Morgan fingerprint density at radius 1 is 0.920 bits per heavy atom. The van der Waals surface area contributed by atoms with E-state index in [4.69, 9.17) is 4.74 Å². The molecule has 0 fully saturated rings. The van der Waals surface area contributed by atoms with Crippen LogP contribution in [0.25, 0.3) is 0 Å². The number of urea groups is 1. The molecule has 2 amide bonds. The molecule has 3 N–H and O–H groups in total. The minimum Gasteiger partial charge on any atom is -0.439 e. The molecule has 1 aromatic heterocycles. The summed E-state index contributed by atoms with van der Waals surface area (Å²) in [6.45, 7) is 0.